The van der Waals surface area contributed by atoms with Gasteiger partial charge in [0.2, 0.25) is 0 Å². The molecule has 3 nitrogen and oxygen atoms in total. The highest BCUT2D eigenvalue weighted by Crippen LogP contribution is 2.20. The monoisotopic (exact) mass is 201 g/mol. The number of ether oxygens (including phenoxy) is 1. The topological polar surface area (TPSA) is 32.7 Å². The van der Waals surface area contributed by atoms with Crippen LogP contribution in [0.2, 0.25) is 0 Å². The van der Waals surface area contributed by atoms with Crippen molar-refractivity contribution in [2.45, 2.75) is 32.3 Å². The average molecular weight is 201 g/mol. The number of methoxy groups -OCH3 is 1. The van der Waals surface area contributed by atoms with Crippen molar-refractivity contribution in [3.8, 4) is 0 Å². The number of likely N-dealkylation sites (tertiary alicyclic amines) is 1. The molecule has 1 N–H and O–H groups in total. The molecular formula is C11H23NO2. The van der Waals surface area contributed by atoms with E-state index in [2.05, 4.69) is 11.8 Å². The molecule has 1 aliphatic rings. The maximum atomic E-state index is 9.44. The summed E-state index contributed by atoms with van der Waals surface area (Å²) in [4.78, 5) is 2.42. The quantitative estimate of drug-likeness (QED) is 0.670. The lowest BCUT2D eigenvalue weighted by molar-refractivity contribution is 0.0322. The zero-order valence-corrected chi connectivity index (χ0v) is 9.41. The number of hydrogen-bond donors (Lipinski definition) is 1. The summed E-state index contributed by atoms with van der Waals surface area (Å²) < 4.78 is 4.88. The van der Waals surface area contributed by atoms with Gasteiger partial charge in [0.15, 0.2) is 0 Å². The molecular weight excluding hydrogens is 178 g/mol. The molecule has 14 heavy (non-hydrogen) atoms. The lowest BCUT2D eigenvalue weighted by atomic mass is 9.95. The van der Waals surface area contributed by atoms with Crippen LogP contribution >= 0.6 is 0 Å². The van der Waals surface area contributed by atoms with Gasteiger partial charge in [0.25, 0.3) is 0 Å². The van der Waals surface area contributed by atoms with Crippen LogP contribution in [0.5, 0.6) is 0 Å². The Morgan fingerprint density at radius 3 is 2.79 bits per heavy atom. The van der Waals surface area contributed by atoms with Gasteiger partial charge >= 0.3 is 0 Å². The van der Waals surface area contributed by atoms with E-state index >= 15 is 0 Å². The maximum Gasteiger partial charge on any atom is 0.0785 e. The van der Waals surface area contributed by atoms with Gasteiger partial charge in [-0.3, -0.25) is 0 Å². The molecule has 0 bridgehead atoms. The molecule has 1 saturated heterocycles. The smallest absolute Gasteiger partial charge is 0.0785 e. The maximum absolute atomic E-state index is 9.44. The fourth-order valence-electron chi connectivity index (χ4n) is 2.06. The normalized spacial score (nSPS) is 20.8. The molecule has 0 aromatic heterocycles. The third-order valence-electron chi connectivity index (χ3n) is 2.87. The van der Waals surface area contributed by atoms with Crippen molar-refractivity contribution in [2.75, 3.05) is 33.4 Å². The second-order valence-electron chi connectivity index (χ2n) is 4.31. The SMILES string of the molecule is CCCC1CN(CCC(O)COC)C1. The van der Waals surface area contributed by atoms with E-state index < -0.39 is 0 Å². The van der Waals surface area contributed by atoms with Gasteiger partial charge in [-0.2, -0.15) is 0 Å². The Morgan fingerprint density at radius 1 is 1.50 bits per heavy atom. The summed E-state index contributed by atoms with van der Waals surface area (Å²) in [5.41, 5.74) is 0. The zero-order chi connectivity index (χ0) is 10.4. The first kappa shape index (κ1) is 12.0. The van der Waals surface area contributed by atoms with Gasteiger partial charge < -0.3 is 14.7 Å². The van der Waals surface area contributed by atoms with Gasteiger partial charge in [-0.15, -0.1) is 0 Å². The van der Waals surface area contributed by atoms with Crippen molar-refractivity contribution >= 4 is 0 Å². The molecule has 1 aliphatic heterocycles. The second kappa shape index (κ2) is 6.38. The highest BCUT2D eigenvalue weighted by molar-refractivity contribution is 4.79. The summed E-state index contributed by atoms with van der Waals surface area (Å²) in [6.45, 7) is 6.18. The van der Waals surface area contributed by atoms with Crippen molar-refractivity contribution in [3.05, 3.63) is 0 Å². The summed E-state index contributed by atoms with van der Waals surface area (Å²) >= 11 is 0. The van der Waals surface area contributed by atoms with E-state index in [9.17, 15) is 5.11 Å². The third-order valence-corrected chi connectivity index (χ3v) is 2.87. The molecule has 0 aromatic carbocycles. The Bertz CT molecular complexity index is 146. The van der Waals surface area contributed by atoms with E-state index in [1.165, 1.54) is 25.9 Å². The Labute approximate surface area is 87.1 Å². The summed E-state index contributed by atoms with van der Waals surface area (Å²) in [6, 6.07) is 0. The molecule has 0 saturated carbocycles. The first-order valence-electron chi connectivity index (χ1n) is 5.65. The largest absolute Gasteiger partial charge is 0.391 e. The van der Waals surface area contributed by atoms with Crippen LogP contribution in [0.3, 0.4) is 0 Å². The number of rotatable bonds is 7. The molecule has 0 spiro atoms. The van der Waals surface area contributed by atoms with E-state index in [1.54, 1.807) is 7.11 Å². The molecule has 0 radical (unpaired) electrons. The van der Waals surface area contributed by atoms with Gasteiger partial charge in [-0.25, -0.2) is 0 Å². The van der Waals surface area contributed by atoms with Crippen LogP contribution in [-0.4, -0.2) is 49.5 Å². The van der Waals surface area contributed by atoms with Crippen molar-refractivity contribution < 1.29 is 9.84 Å². The molecule has 1 rings (SSSR count). The van der Waals surface area contributed by atoms with Gasteiger partial charge in [0.05, 0.1) is 12.7 Å². The molecule has 1 unspecified atom stereocenters. The Morgan fingerprint density at radius 2 is 2.21 bits per heavy atom. The minimum atomic E-state index is -0.287. The van der Waals surface area contributed by atoms with Crippen molar-refractivity contribution in [1.82, 2.24) is 4.90 Å². The predicted octanol–water partition coefficient (Wildman–Crippen LogP) is 1.12. The standard InChI is InChI=1S/C11H23NO2/c1-3-4-10-7-12(8-10)6-5-11(13)9-14-2/h10-11,13H,3-9H2,1-2H3. The van der Waals surface area contributed by atoms with E-state index in [-0.39, 0.29) is 6.10 Å². The Balaban J connectivity index is 1.95. The van der Waals surface area contributed by atoms with E-state index in [1.807, 2.05) is 0 Å². The van der Waals surface area contributed by atoms with E-state index in [0.717, 1.165) is 18.9 Å². The molecule has 1 heterocycles. The minimum Gasteiger partial charge on any atom is -0.391 e. The van der Waals surface area contributed by atoms with Crippen molar-refractivity contribution in [2.24, 2.45) is 5.92 Å². The fraction of sp³-hybridized carbons (Fsp3) is 1.00. The van der Waals surface area contributed by atoms with Crippen LogP contribution in [0.1, 0.15) is 26.2 Å². The first-order chi connectivity index (χ1) is 6.76. The molecule has 0 aromatic rings. The Kier molecular flexibility index (Phi) is 5.45. The summed E-state index contributed by atoms with van der Waals surface area (Å²) in [6.07, 6.45) is 3.21. The van der Waals surface area contributed by atoms with E-state index in [4.69, 9.17) is 4.74 Å². The second-order valence-corrected chi connectivity index (χ2v) is 4.31. The van der Waals surface area contributed by atoms with Gasteiger partial charge in [0, 0.05) is 26.7 Å². The molecule has 1 fully saturated rings. The minimum absolute atomic E-state index is 0.287. The van der Waals surface area contributed by atoms with Crippen molar-refractivity contribution in [1.29, 1.82) is 0 Å². The first-order valence-corrected chi connectivity index (χ1v) is 5.65. The van der Waals surface area contributed by atoms with Crippen LogP contribution < -0.4 is 0 Å². The highest BCUT2D eigenvalue weighted by Gasteiger charge is 2.25. The molecule has 84 valence electrons. The number of aliphatic hydroxyl groups is 1. The lowest BCUT2D eigenvalue weighted by Crippen LogP contribution is -2.47. The number of aliphatic hydroxyl groups excluding tert-OH is 1. The summed E-state index contributed by atoms with van der Waals surface area (Å²) in [5, 5.41) is 9.44. The van der Waals surface area contributed by atoms with Gasteiger partial charge in [-0.1, -0.05) is 13.3 Å². The summed E-state index contributed by atoms with van der Waals surface area (Å²) in [7, 11) is 1.63. The van der Waals surface area contributed by atoms with Crippen LogP contribution in [0.15, 0.2) is 0 Å². The lowest BCUT2D eigenvalue weighted by Gasteiger charge is -2.39. The average Bonchev–Trinajstić information content (AvgIpc) is 2.09. The van der Waals surface area contributed by atoms with Crippen LogP contribution in [0.25, 0.3) is 0 Å². The number of hydrogen-bond acceptors (Lipinski definition) is 3. The zero-order valence-electron chi connectivity index (χ0n) is 9.41. The molecule has 3 heteroatoms. The number of nitrogens with zero attached hydrogens (tertiary/aromatic N) is 1. The third kappa shape index (κ3) is 3.95. The van der Waals surface area contributed by atoms with Crippen LogP contribution in [0, 0.1) is 5.92 Å². The van der Waals surface area contributed by atoms with Gasteiger partial charge in [-0.05, 0) is 18.8 Å². The summed E-state index contributed by atoms with van der Waals surface area (Å²) in [5.74, 6) is 0.916. The Hall–Kier alpha value is -0.120. The molecule has 0 aliphatic carbocycles. The van der Waals surface area contributed by atoms with E-state index in [0.29, 0.717) is 6.61 Å². The van der Waals surface area contributed by atoms with Gasteiger partial charge in [0.1, 0.15) is 0 Å². The van der Waals surface area contributed by atoms with Crippen LogP contribution in [-0.2, 0) is 4.74 Å². The van der Waals surface area contributed by atoms with Crippen molar-refractivity contribution in [3.63, 3.8) is 0 Å². The molecule has 1 atom stereocenters. The fourth-order valence-corrected chi connectivity index (χ4v) is 2.06. The predicted molar refractivity (Wildman–Crippen MR) is 57.3 cm³/mol. The highest BCUT2D eigenvalue weighted by atomic mass is 16.5. The molecule has 0 amide bonds. The van der Waals surface area contributed by atoms with Crippen LogP contribution in [0.4, 0.5) is 0 Å².